The Bertz CT molecular complexity index is 370. The van der Waals surface area contributed by atoms with Crippen LogP contribution in [-0.4, -0.2) is 60.7 Å². The third-order valence-electron chi connectivity index (χ3n) is 3.50. The first-order chi connectivity index (χ1) is 9.79. The minimum Gasteiger partial charge on any atom is -0.480 e. The van der Waals surface area contributed by atoms with Gasteiger partial charge in [-0.1, -0.05) is 0 Å². The van der Waals surface area contributed by atoms with Crippen LogP contribution in [0.2, 0.25) is 0 Å². The number of aliphatic carboxylic acids is 1. The van der Waals surface area contributed by atoms with Crippen molar-refractivity contribution in [1.82, 2.24) is 5.32 Å². The lowest BCUT2D eigenvalue weighted by Gasteiger charge is -2.26. The highest BCUT2D eigenvalue weighted by Crippen LogP contribution is 2.27. The number of rotatable bonds is 10. The standard InChI is InChI=1S/C14H25NO6/c1-9(7-20-3)21-8-11(16)6-14(2,13(18)19)12(17)15-10-4-5-10/h9-11,16H,4-8H2,1-3H3,(H,15,17)(H,18,19). The molecule has 1 aliphatic carbocycles. The van der Waals surface area contributed by atoms with E-state index in [2.05, 4.69) is 5.32 Å². The van der Waals surface area contributed by atoms with Crippen molar-refractivity contribution in [1.29, 1.82) is 0 Å². The van der Waals surface area contributed by atoms with Crippen LogP contribution in [0.1, 0.15) is 33.1 Å². The maximum absolute atomic E-state index is 12.1. The van der Waals surface area contributed by atoms with Gasteiger partial charge in [-0.15, -0.1) is 0 Å². The molecule has 0 spiro atoms. The van der Waals surface area contributed by atoms with Crippen molar-refractivity contribution in [2.75, 3.05) is 20.3 Å². The van der Waals surface area contributed by atoms with Crippen LogP contribution < -0.4 is 5.32 Å². The monoisotopic (exact) mass is 303 g/mol. The third kappa shape index (κ3) is 5.61. The van der Waals surface area contributed by atoms with E-state index in [9.17, 15) is 19.8 Å². The van der Waals surface area contributed by atoms with Crippen LogP contribution in [-0.2, 0) is 19.1 Å². The molecule has 122 valence electrons. The second-order valence-corrected chi connectivity index (χ2v) is 5.84. The van der Waals surface area contributed by atoms with E-state index in [1.165, 1.54) is 6.92 Å². The molecule has 0 aromatic rings. The number of aliphatic hydroxyl groups excluding tert-OH is 1. The largest absolute Gasteiger partial charge is 0.480 e. The number of carbonyl (C=O) groups excluding carboxylic acids is 1. The first kappa shape index (κ1) is 17.9. The smallest absolute Gasteiger partial charge is 0.319 e. The van der Waals surface area contributed by atoms with E-state index in [1.807, 2.05) is 0 Å². The molecule has 0 aliphatic heterocycles. The topological polar surface area (TPSA) is 105 Å². The number of aliphatic hydroxyl groups is 1. The Morgan fingerprint density at radius 2 is 2.00 bits per heavy atom. The number of methoxy groups -OCH3 is 1. The molecule has 0 radical (unpaired) electrons. The summed E-state index contributed by atoms with van der Waals surface area (Å²) in [5.41, 5.74) is -1.66. The van der Waals surface area contributed by atoms with Crippen molar-refractivity contribution in [2.24, 2.45) is 5.41 Å². The molecule has 1 fully saturated rings. The second kappa shape index (κ2) is 7.72. The summed E-state index contributed by atoms with van der Waals surface area (Å²) in [6.07, 6.45) is 0.320. The molecule has 0 aromatic heterocycles. The molecule has 1 saturated carbocycles. The van der Waals surface area contributed by atoms with E-state index in [-0.39, 0.29) is 25.2 Å². The fourth-order valence-electron chi connectivity index (χ4n) is 1.94. The molecular weight excluding hydrogens is 278 g/mol. The van der Waals surface area contributed by atoms with Gasteiger partial charge in [-0.3, -0.25) is 9.59 Å². The normalized spacial score (nSPS) is 20.4. The molecule has 7 nitrogen and oxygen atoms in total. The number of carbonyl (C=O) groups is 2. The van der Waals surface area contributed by atoms with Gasteiger partial charge in [-0.2, -0.15) is 0 Å². The Hall–Kier alpha value is -1.18. The van der Waals surface area contributed by atoms with Gasteiger partial charge in [0.1, 0.15) is 5.41 Å². The van der Waals surface area contributed by atoms with Crippen LogP contribution in [0.3, 0.4) is 0 Å². The fraction of sp³-hybridized carbons (Fsp3) is 0.857. The summed E-state index contributed by atoms with van der Waals surface area (Å²) in [5.74, 6) is -1.80. The molecule has 0 bridgehead atoms. The van der Waals surface area contributed by atoms with Crippen LogP contribution in [0.15, 0.2) is 0 Å². The maximum atomic E-state index is 12.1. The number of carboxylic acid groups (broad SMARTS) is 1. The van der Waals surface area contributed by atoms with Crippen LogP contribution in [0.25, 0.3) is 0 Å². The van der Waals surface area contributed by atoms with Crippen LogP contribution >= 0.6 is 0 Å². The number of nitrogens with one attached hydrogen (secondary N) is 1. The van der Waals surface area contributed by atoms with Gasteiger partial charge >= 0.3 is 5.97 Å². The summed E-state index contributed by atoms with van der Waals surface area (Å²) in [5, 5.41) is 21.9. The zero-order valence-corrected chi connectivity index (χ0v) is 12.8. The van der Waals surface area contributed by atoms with Gasteiger partial charge in [-0.25, -0.2) is 0 Å². The molecule has 1 aliphatic rings. The molecular formula is C14H25NO6. The predicted molar refractivity (Wildman–Crippen MR) is 74.8 cm³/mol. The number of hydrogen-bond acceptors (Lipinski definition) is 5. The molecule has 3 atom stereocenters. The average molecular weight is 303 g/mol. The van der Waals surface area contributed by atoms with Crippen molar-refractivity contribution >= 4 is 11.9 Å². The Labute approximate surface area is 124 Å². The number of hydrogen-bond donors (Lipinski definition) is 3. The molecule has 0 aromatic carbocycles. The highest BCUT2D eigenvalue weighted by atomic mass is 16.5. The number of carboxylic acids is 1. The predicted octanol–water partition coefficient (Wildman–Crippen LogP) is 0.158. The molecule has 0 saturated heterocycles. The summed E-state index contributed by atoms with van der Waals surface area (Å²) in [6, 6.07) is 0.0753. The lowest BCUT2D eigenvalue weighted by Crippen LogP contribution is -2.47. The van der Waals surface area contributed by atoms with Gasteiger partial charge in [0.05, 0.1) is 25.4 Å². The van der Waals surface area contributed by atoms with Crippen LogP contribution in [0.4, 0.5) is 0 Å². The summed E-state index contributed by atoms with van der Waals surface area (Å²) in [6.45, 7) is 3.45. The Balaban J connectivity index is 2.51. The van der Waals surface area contributed by atoms with E-state index >= 15 is 0 Å². The number of amides is 1. The van der Waals surface area contributed by atoms with Crippen LogP contribution in [0.5, 0.6) is 0 Å². The second-order valence-electron chi connectivity index (χ2n) is 5.84. The molecule has 21 heavy (non-hydrogen) atoms. The highest BCUT2D eigenvalue weighted by Gasteiger charge is 2.44. The summed E-state index contributed by atoms with van der Waals surface area (Å²) in [4.78, 5) is 23.5. The van der Waals surface area contributed by atoms with E-state index < -0.39 is 23.4 Å². The van der Waals surface area contributed by atoms with Crippen molar-refractivity contribution < 1.29 is 29.3 Å². The first-order valence-corrected chi connectivity index (χ1v) is 7.12. The summed E-state index contributed by atoms with van der Waals surface area (Å²) in [7, 11) is 1.54. The van der Waals surface area contributed by atoms with Crippen molar-refractivity contribution in [3.8, 4) is 0 Å². The van der Waals surface area contributed by atoms with Gasteiger partial charge in [-0.05, 0) is 26.7 Å². The minimum atomic E-state index is -1.66. The van der Waals surface area contributed by atoms with Gasteiger partial charge in [0.2, 0.25) is 5.91 Å². The lowest BCUT2D eigenvalue weighted by molar-refractivity contribution is -0.158. The van der Waals surface area contributed by atoms with E-state index in [0.29, 0.717) is 6.61 Å². The lowest BCUT2D eigenvalue weighted by atomic mass is 9.83. The molecule has 0 heterocycles. The SMILES string of the molecule is COCC(C)OCC(O)CC(C)(C(=O)O)C(=O)NC1CC1. The van der Waals surface area contributed by atoms with Crippen LogP contribution in [0, 0.1) is 5.41 Å². The third-order valence-corrected chi connectivity index (χ3v) is 3.50. The Morgan fingerprint density at radius 1 is 1.38 bits per heavy atom. The average Bonchev–Trinajstić information content (AvgIpc) is 3.20. The Morgan fingerprint density at radius 3 is 2.48 bits per heavy atom. The number of ether oxygens (including phenoxy) is 2. The van der Waals surface area contributed by atoms with Gasteiger partial charge in [0, 0.05) is 19.6 Å². The summed E-state index contributed by atoms with van der Waals surface area (Å²) < 4.78 is 10.2. The molecule has 1 rings (SSSR count). The zero-order chi connectivity index (χ0) is 16.0. The van der Waals surface area contributed by atoms with Gasteiger partial charge < -0.3 is 25.0 Å². The highest BCUT2D eigenvalue weighted by molar-refractivity contribution is 6.01. The van der Waals surface area contributed by atoms with Crippen molar-refractivity contribution in [3.63, 3.8) is 0 Å². The minimum absolute atomic E-state index is 0.0376. The van der Waals surface area contributed by atoms with Crippen molar-refractivity contribution in [2.45, 2.75) is 51.4 Å². The molecule has 3 unspecified atom stereocenters. The van der Waals surface area contributed by atoms with Crippen molar-refractivity contribution in [3.05, 3.63) is 0 Å². The first-order valence-electron chi connectivity index (χ1n) is 7.12. The van der Waals surface area contributed by atoms with E-state index in [1.54, 1.807) is 14.0 Å². The zero-order valence-electron chi connectivity index (χ0n) is 12.8. The molecule has 1 amide bonds. The van der Waals surface area contributed by atoms with E-state index in [4.69, 9.17) is 9.47 Å². The molecule has 7 heteroatoms. The van der Waals surface area contributed by atoms with Gasteiger partial charge in [0.25, 0.3) is 0 Å². The fourth-order valence-corrected chi connectivity index (χ4v) is 1.94. The molecule has 3 N–H and O–H groups in total. The van der Waals surface area contributed by atoms with E-state index in [0.717, 1.165) is 12.8 Å². The quantitative estimate of drug-likeness (QED) is 0.496. The summed E-state index contributed by atoms with van der Waals surface area (Å²) >= 11 is 0. The maximum Gasteiger partial charge on any atom is 0.319 e. The van der Waals surface area contributed by atoms with Gasteiger partial charge in [0.15, 0.2) is 0 Å². The Kier molecular flexibility index (Phi) is 6.57.